The molecule has 37 heavy (non-hydrogen) atoms. The summed E-state index contributed by atoms with van der Waals surface area (Å²) in [6, 6.07) is 8.16. The normalized spacial score (nSPS) is 17.8. The molecule has 0 radical (unpaired) electrons. The number of carbonyl (C=O) groups is 2. The number of piperidine rings is 2. The third-order valence-corrected chi connectivity index (χ3v) is 7.90. The van der Waals surface area contributed by atoms with E-state index in [1.54, 1.807) is 12.4 Å². The molecule has 196 valence electrons. The zero-order valence-electron chi connectivity index (χ0n) is 21.7. The topological polar surface area (TPSA) is 107 Å². The Kier molecular flexibility index (Phi) is 7.41. The first-order chi connectivity index (χ1) is 18.0. The number of aryl methyl sites for hydroxylation is 1. The Morgan fingerprint density at radius 2 is 1.70 bits per heavy atom. The van der Waals surface area contributed by atoms with Gasteiger partial charge in [0.05, 0.1) is 6.61 Å². The van der Waals surface area contributed by atoms with Crippen LogP contribution in [0, 0.1) is 5.92 Å². The summed E-state index contributed by atoms with van der Waals surface area (Å²) in [5.41, 5.74) is 9.38. The summed E-state index contributed by atoms with van der Waals surface area (Å²) in [6.45, 7) is 6.17. The molecular weight excluding hydrogens is 468 g/mol. The highest BCUT2D eigenvalue weighted by Gasteiger charge is 2.34. The second-order valence-electron chi connectivity index (χ2n) is 10.2. The highest BCUT2D eigenvalue weighted by atomic mass is 16.5. The van der Waals surface area contributed by atoms with Crippen LogP contribution in [0.2, 0.25) is 0 Å². The maximum absolute atomic E-state index is 13.4. The molecule has 9 heteroatoms. The zero-order chi connectivity index (χ0) is 25.9. The molecule has 1 aromatic carbocycles. The predicted molar refractivity (Wildman–Crippen MR) is 142 cm³/mol. The van der Waals surface area contributed by atoms with Crippen molar-refractivity contribution in [3.8, 4) is 0 Å². The summed E-state index contributed by atoms with van der Waals surface area (Å²) in [5, 5.41) is 1.11. The van der Waals surface area contributed by atoms with Crippen LogP contribution in [0.15, 0.2) is 36.7 Å². The number of esters is 1. The number of nitrogen functional groups attached to an aromatic ring is 1. The Morgan fingerprint density at radius 3 is 2.38 bits per heavy atom. The minimum atomic E-state index is -0.271. The van der Waals surface area contributed by atoms with Gasteiger partial charge in [-0.1, -0.05) is 18.2 Å². The van der Waals surface area contributed by atoms with Gasteiger partial charge in [-0.05, 0) is 63.2 Å². The van der Waals surface area contributed by atoms with E-state index in [0.717, 1.165) is 80.4 Å². The standard InChI is InChI=1S/C28H36N6O3/c1-3-37-27(36)25-24(22-6-4-5-7-23(22)32(25)2)20-10-14-34(15-11-20)26(35)21-8-12-33(13-9-21)18-19-16-30-28(29)31-17-19/h4-7,16-17,20-21H,3,8-15,18H2,1-2H3,(H2,29,30,31). The molecule has 5 rings (SSSR count). The molecule has 0 unspecified atom stereocenters. The Labute approximate surface area is 217 Å². The van der Waals surface area contributed by atoms with E-state index in [1.165, 1.54) is 0 Å². The molecule has 3 aromatic rings. The van der Waals surface area contributed by atoms with Crippen molar-refractivity contribution < 1.29 is 14.3 Å². The lowest BCUT2D eigenvalue weighted by Gasteiger charge is -2.37. The van der Waals surface area contributed by atoms with E-state index in [0.29, 0.717) is 12.3 Å². The van der Waals surface area contributed by atoms with Gasteiger partial charge < -0.3 is 19.9 Å². The molecule has 2 aliphatic heterocycles. The maximum atomic E-state index is 13.4. The van der Waals surface area contributed by atoms with Crippen molar-refractivity contribution in [2.75, 3.05) is 38.5 Å². The number of carbonyl (C=O) groups excluding carboxylic acids is 2. The van der Waals surface area contributed by atoms with Gasteiger partial charge in [0, 0.05) is 61.5 Å². The van der Waals surface area contributed by atoms with Crippen LogP contribution in [-0.2, 0) is 23.1 Å². The quantitative estimate of drug-likeness (QED) is 0.513. The molecule has 0 saturated carbocycles. The van der Waals surface area contributed by atoms with Crippen molar-refractivity contribution in [3.05, 3.63) is 53.5 Å². The van der Waals surface area contributed by atoms with Crippen molar-refractivity contribution in [1.29, 1.82) is 0 Å². The van der Waals surface area contributed by atoms with E-state index in [4.69, 9.17) is 10.5 Å². The summed E-state index contributed by atoms with van der Waals surface area (Å²) in [7, 11) is 1.93. The van der Waals surface area contributed by atoms with Crippen LogP contribution in [0.5, 0.6) is 0 Å². The van der Waals surface area contributed by atoms with Crippen molar-refractivity contribution in [1.82, 2.24) is 24.3 Å². The van der Waals surface area contributed by atoms with E-state index >= 15 is 0 Å². The maximum Gasteiger partial charge on any atom is 0.355 e. The van der Waals surface area contributed by atoms with Gasteiger partial charge in [0.1, 0.15) is 5.69 Å². The molecule has 1 amide bonds. The molecule has 4 heterocycles. The molecule has 2 aromatic heterocycles. The first-order valence-corrected chi connectivity index (χ1v) is 13.3. The van der Waals surface area contributed by atoms with Gasteiger partial charge >= 0.3 is 5.97 Å². The van der Waals surface area contributed by atoms with Crippen LogP contribution in [0.1, 0.15) is 60.1 Å². The van der Waals surface area contributed by atoms with E-state index in [2.05, 4.69) is 20.9 Å². The molecule has 0 spiro atoms. The van der Waals surface area contributed by atoms with E-state index in [-0.39, 0.29) is 29.7 Å². The van der Waals surface area contributed by atoms with Crippen LogP contribution in [0.4, 0.5) is 5.95 Å². The number of benzene rings is 1. The van der Waals surface area contributed by atoms with E-state index in [1.807, 2.05) is 41.6 Å². The lowest BCUT2D eigenvalue weighted by atomic mass is 9.86. The molecule has 9 nitrogen and oxygen atoms in total. The zero-order valence-corrected chi connectivity index (χ0v) is 21.7. The molecule has 0 aliphatic carbocycles. The molecule has 2 aliphatic rings. The minimum absolute atomic E-state index is 0.0723. The van der Waals surface area contributed by atoms with Gasteiger partial charge in [0.15, 0.2) is 0 Å². The van der Waals surface area contributed by atoms with E-state index < -0.39 is 0 Å². The van der Waals surface area contributed by atoms with Gasteiger partial charge in [0.2, 0.25) is 11.9 Å². The smallest absolute Gasteiger partial charge is 0.355 e. The first kappa shape index (κ1) is 25.2. The number of amides is 1. The van der Waals surface area contributed by atoms with Gasteiger partial charge in [-0.25, -0.2) is 14.8 Å². The Balaban J connectivity index is 1.21. The number of rotatable bonds is 6. The number of likely N-dealkylation sites (tertiary alicyclic amines) is 2. The number of nitrogens with two attached hydrogens (primary N) is 1. The summed E-state index contributed by atoms with van der Waals surface area (Å²) < 4.78 is 7.38. The predicted octanol–water partition coefficient (Wildman–Crippen LogP) is 3.35. The fraction of sp³-hybridized carbons (Fsp3) is 0.500. The van der Waals surface area contributed by atoms with Crippen LogP contribution >= 0.6 is 0 Å². The lowest BCUT2D eigenvalue weighted by molar-refractivity contribution is -0.138. The Bertz CT molecular complexity index is 1250. The van der Waals surface area contributed by atoms with Crippen LogP contribution in [-0.4, -0.2) is 69.0 Å². The van der Waals surface area contributed by atoms with Crippen LogP contribution in [0.25, 0.3) is 10.9 Å². The molecule has 2 N–H and O–H groups in total. The number of fused-ring (bicyclic) bond motifs is 1. The number of hydrogen-bond acceptors (Lipinski definition) is 7. The number of hydrogen-bond donors (Lipinski definition) is 1. The van der Waals surface area contributed by atoms with Crippen molar-refractivity contribution in [2.45, 2.75) is 45.1 Å². The number of para-hydroxylation sites is 1. The average Bonchev–Trinajstić information content (AvgIpc) is 3.23. The molecular formula is C28H36N6O3. The summed E-state index contributed by atoms with van der Waals surface area (Å²) >= 11 is 0. The molecule has 2 fully saturated rings. The van der Waals surface area contributed by atoms with Gasteiger partial charge in [-0.3, -0.25) is 9.69 Å². The van der Waals surface area contributed by atoms with Crippen molar-refractivity contribution in [2.24, 2.45) is 13.0 Å². The van der Waals surface area contributed by atoms with Crippen molar-refractivity contribution in [3.63, 3.8) is 0 Å². The van der Waals surface area contributed by atoms with Gasteiger partial charge in [-0.15, -0.1) is 0 Å². The second kappa shape index (κ2) is 10.9. The summed E-state index contributed by atoms with van der Waals surface area (Å²) in [6.07, 6.45) is 6.97. The number of aromatic nitrogens is 3. The number of nitrogens with zero attached hydrogens (tertiary/aromatic N) is 5. The Morgan fingerprint density at radius 1 is 1.03 bits per heavy atom. The Hall–Kier alpha value is -3.46. The molecule has 2 saturated heterocycles. The molecule has 0 bridgehead atoms. The minimum Gasteiger partial charge on any atom is -0.461 e. The summed E-state index contributed by atoms with van der Waals surface area (Å²) in [4.78, 5) is 38.8. The van der Waals surface area contributed by atoms with Gasteiger partial charge in [-0.2, -0.15) is 0 Å². The SMILES string of the molecule is CCOC(=O)c1c(C2CCN(C(=O)C3CCN(Cc4cnc(N)nc4)CC3)CC2)c2ccccc2n1C. The summed E-state index contributed by atoms with van der Waals surface area (Å²) in [5.74, 6) is 0.584. The number of ether oxygens (including phenoxy) is 1. The number of anilines is 1. The van der Waals surface area contributed by atoms with Crippen molar-refractivity contribution >= 4 is 28.7 Å². The third-order valence-electron chi connectivity index (χ3n) is 7.90. The fourth-order valence-electron chi connectivity index (χ4n) is 5.97. The largest absolute Gasteiger partial charge is 0.461 e. The second-order valence-corrected chi connectivity index (χ2v) is 10.2. The molecule has 0 atom stereocenters. The fourth-order valence-corrected chi connectivity index (χ4v) is 5.97. The highest BCUT2D eigenvalue weighted by molar-refractivity contribution is 5.99. The average molecular weight is 505 g/mol. The van der Waals surface area contributed by atoms with E-state index in [9.17, 15) is 9.59 Å². The van der Waals surface area contributed by atoms with Crippen LogP contribution < -0.4 is 5.73 Å². The van der Waals surface area contributed by atoms with Crippen LogP contribution in [0.3, 0.4) is 0 Å². The van der Waals surface area contributed by atoms with Gasteiger partial charge in [0.25, 0.3) is 0 Å². The lowest BCUT2D eigenvalue weighted by Crippen LogP contribution is -2.45. The highest BCUT2D eigenvalue weighted by Crippen LogP contribution is 2.38. The monoisotopic (exact) mass is 504 g/mol. The third kappa shape index (κ3) is 5.18. The first-order valence-electron chi connectivity index (χ1n) is 13.3.